The molecular weight excluding hydrogens is 138 g/mol. The van der Waals surface area contributed by atoms with Crippen molar-refractivity contribution in [3.05, 3.63) is 23.8 Å². The average Bonchev–Trinajstić information content (AvgIpc) is 2.10. The molecule has 1 rings (SSSR count). The van der Waals surface area contributed by atoms with Crippen molar-refractivity contribution in [1.82, 2.24) is 0 Å². The molecule has 0 aliphatic heterocycles. The van der Waals surface area contributed by atoms with E-state index < -0.39 is 0 Å². The summed E-state index contributed by atoms with van der Waals surface area (Å²) < 4.78 is 0. The van der Waals surface area contributed by atoms with E-state index in [9.17, 15) is 4.79 Å². The van der Waals surface area contributed by atoms with Gasteiger partial charge in [-0.25, -0.2) is 0 Å². The Hall–Kier alpha value is -1.05. The fourth-order valence-electron chi connectivity index (χ4n) is 0.796. The third kappa shape index (κ3) is 3.61. The maximum Gasteiger partial charge on any atom is 0.248 e. The van der Waals surface area contributed by atoms with Crippen LogP contribution in [0.3, 0.4) is 0 Å². The topological polar surface area (TPSA) is 43.1 Å². The zero-order chi connectivity index (χ0) is 8.69. The molecule has 0 atom stereocenters. The van der Waals surface area contributed by atoms with Crippen molar-refractivity contribution in [1.29, 1.82) is 0 Å². The highest BCUT2D eigenvalue weighted by Gasteiger charge is 2.01. The number of allylic oxidation sites excluding steroid dienone is 2. The third-order valence-electron chi connectivity index (χ3n) is 1.28. The predicted octanol–water partition coefficient (Wildman–Crippen LogP) is 1.77. The monoisotopic (exact) mass is 153 g/mol. The summed E-state index contributed by atoms with van der Waals surface area (Å²) in [6, 6.07) is 0. The smallest absolute Gasteiger partial charge is 0.248 e. The van der Waals surface area contributed by atoms with Crippen LogP contribution in [0.1, 0.15) is 26.7 Å². The Morgan fingerprint density at radius 1 is 1.45 bits per heavy atom. The van der Waals surface area contributed by atoms with Gasteiger partial charge in [0.05, 0.1) is 0 Å². The van der Waals surface area contributed by atoms with E-state index in [2.05, 4.69) is 0 Å². The lowest BCUT2D eigenvalue weighted by molar-refractivity contribution is -0.114. The molecule has 11 heavy (non-hydrogen) atoms. The average molecular weight is 153 g/mol. The maximum absolute atomic E-state index is 10.5. The Morgan fingerprint density at radius 2 is 2.09 bits per heavy atom. The van der Waals surface area contributed by atoms with Gasteiger partial charge in [-0.05, 0) is 12.8 Å². The zero-order valence-electron chi connectivity index (χ0n) is 7.13. The van der Waals surface area contributed by atoms with Crippen molar-refractivity contribution in [3.8, 4) is 0 Å². The molecule has 0 bridgehead atoms. The van der Waals surface area contributed by atoms with E-state index in [0.717, 1.165) is 12.8 Å². The number of hydrogen-bond acceptors (Lipinski definition) is 1. The fraction of sp³-hybridized carbons (Fsp3) is 0.444. The first-order chi connectivity index (χ1) is 5.30. The van der Waals surface area contributed by atoms with Crippen LogP contribution in [0, 0.1) is 0 Å². The lowest BCUT2D eigenvalue weighted by Crippen LogP contribution is -2.13. The van der Waals surface area contributed by atoms with Crippen molar-refractivity contribution in [2.45, 2.75) is 26.7 Å². The number of carbonyl (C=O) groups excluding carboxylic acids is 1. The molecule has 0 spiro atoms. The second kappa shape index (κ2) is 5.71. The number of rotatable bonds is 1. The van der Waals surface area contributed by atoms with E-state index in [1.54, 1.807) is 6.08 Å². The Labute approximate surface area is 67.8 Å². The van der Waals surface area contributed by atoms with Gasteiger partial charge in [0, 0.05) is 5.57 Å². The summed E-state index contributed by atoms with van der Waals surface area (Å²) >= 11 is 0. The quantitative estimate of drug-likeness (QED) is 0.613. The molecule has 1 amide bonds. The summed E-state index contributed by atoms with van der Waals surface area (Å²) in [6.45, 7) is 4.00. The number of hydrogen-bond donors (Lipinski definition) is 1. The SMILES string of the molecule is CC.NC(=O)C1=CCCC=C1. The molecule has 2 heteroatoms. The summed E-state index contributed by atoms with van der Waals surface area (Å²) in [5.74, 6) is -0.328. The van der Waals surface area contributed by atoms with Crippen molar-refractivity contribution < 1.29 is 4.79 Å². The molecule has 0 unspecified atom stereocenters. The first-order valence-electron chi connectivity index (χ1n) is 3.97. The molecule has 0 saturated carbocycles. The summed E-state index contributed by atoms with van der Waals surface area (Å²) in [6.07, 6.45) is 7.56. The van der Waals surface area contributed by atoms with Crippen LogP contribution < -0.4 is 5.73 Å². The van der Waals surface area contributed by atoms with Crippen molar-refractivity contribution in [3.63, 3.8) is 0 Å². The number of carbonyl (C=O) groups is 1. The largest absolute Gasteiger partial charge is 0.366 e. The number of primary amides is 1. The molecule has 0 aromatic rings. The maximum atomic E-state index is 10.5. The number of amides is 1. The Balaban J connectivity index is 0.000000461. The molecule has 2 N–H and O–H groups in total. The third-order valence-corrected chi connectivity index (χ3v) is 1.28. The van der Waals surface area contributed by atoms with E-state index in [1.807, 2.05) is 26.0 Å². The highest BCUT2D eigenvalue weighted by atomic mass is 16.1. The van der Waals surface area contributed by atoms with Crippen LogP contribution in [0.4, 0.5) is 0 Å². The van der Waals surface area contributed by atoms with Gasteiger partial charge in [0.15, 0.2) is 0 Å². The zero-order valence-corrected chi connectivity index (χ0v) is 7.13. The second-order valence-electron chi connectivity index (χ2n) is 2.00. The normalized spacial score (nSPS) is 14.5. The van der Waals surface area contributed by atoms with Gasteiger partial charge in [-0.1, -0.05) is 32.1 Å². The lowest BCUT2D eigenvalue weighted by Gasteiger charge is -1.99. The summed E-state index contributed by atoms with van der Waals surface area (Å²) in [5.41, 5.74) is 5.65. The van der Waals surface area contributed by atoms with Crippen LogP contribution in [0.25, 0.3) is 0 Å². The van der Waals surface area contributed by atoms with E-state index in [-0.39, 0.29) is 5.91 Å². The van der Waals surface area contributed by atoms with Crippen molar-refractivity contribution in [2.24, 2.45) is 5.73 Å². The van der Waals surface area contributed by atoms with Gasteiger partial charge in [-0.15, -0.1) is 0 Å². The van der Waals surface area contributed by atoms with Crippen LogP contribution in [0.5, 0.6) is 0 Å². The number of nitrogens with two attached hydrogens (primary N) is 1. The van der Waals surface area contributed by atoms with Crippen LogP contribution in [0.2, 0.25) is 0 Å². The van der Waals surface area contributed by atoms with E-state index in [4.69, 9.17) is 5.73 Å². The van der Waals surface area contributed by atoms with Gasteiger partial charge < -0.3 is 5.73 Å². The van der Waals surface area contributed by atoms with Crippen LogP contribution in [0.15, 0.2) is 23.8 Å². The Bertz CT molecular complexity index is 180. The summed E-state index contributed by atoms with van der Waals surface area (Å²) in [4.78, 5) is 10.5. The van der Waals surface area contributed by atoms with Gasteiger partial charge in [-0.2, -0.15) is 0 Å². The first kappa shape index (κ1) is 9.95. The van der Waals surface area contributed by atoms with E-state index in [0.29, 0.717) is 5.57 Å². The van der Waals surface area contributed by atoms with E-state index in [1.165, 1.54) is 0 Å². The molecule has 1 aliphatic carbocycles. The van der Waals surface area contributed by atoms with Crippen molar-refractivity contribution in [2.75, 3.05) is 0 Å². The minimum absolute atomic E-state index is 0.328. The fourth-order valence-corrected chi connectivity index (χ4v) is 0.796. The molecule has 0 heterocycles. The molecule has 0 fully saturated rings. The first-order valence-corrected chi connectivity index (χ1v) is 3.97. The molecule has 62 valence electrons. The molecule has 0 aromatic carbocycles. The second-order valence-corrected chi connectivity index (χ2v) is 2.00. The molecular formula is C9H15NO. The Kier molecular flexibility index (Phi) is 5.17. The van der Waals surface area contributed by atoms with Crippen LogP contribution in [-0.2, 0) is 4.79 Å². The molecule has 0 saturated heterocycles. The van der Waals surface area contributed by atoms with Crippen LogP contribution in [-0.4, -0.2) is 5.91 Å². The minimum atomic E-state index is -0.328. The highest BCUT2D eigenvalue weighted by molar-refractivity contribution is 5.94. The predicted molar refractivity (Wildman–Crippen MR) is 47.0 cm³/mol. The summed E-state index contributed by atoms with van der Waals surface area (Å²) in [5, 5.41) is 0. The minimum Gasteiger partial charge on any atom is -0.366 e. The molecule has 1 aliphatic rings. The van der Waals surface area contributed by atoms with Gasteiger partial charge >= 0.3 is 0 Å². The standard InChI is InChI=1S/C7H9NO.C2H6/c8-7(9)6-4-2-1-3-5-6;1-2/h2,4-5H,1,3H2,(H2,8,9);1-2H3. The van der Waals surface area contributed by atoms with Crippen LogP contribution >= 0.6 is 0 Å². The Morgan fingerprint density at radius 3 is 2.36 bits per heavy atom. The lowest BCUT2D eigenvalue weighted by atomic mass is 10.1. The summed E-state index contributed by atoms with van der Waals surface area (Å²) in [7, 11) is 0. The molecule has 0 aromatic heterocycles. The van der Waals surface area contributed by atoms with Crippen molar-refractivity contribution >= 4 is 5.91 Å². The van der Waals surface area contributed by atoms with Gasteiger partial charge in [-0.3, -0.25) is 4.79 Å². The molecule has 0 radical (unpaired) electrons. The highest BCUT2D eigenvalue weighted by Crippen LogP contribution is 2.07. The van der Waals surface area contributed by atoms with Gasteiger partial charge in [0.2, 0.25) is 5.91 Å². The van der Waals surface area contributed by atoms with Gasteiger partial charge in [0.1, 0.15) is 0 Å². The molecule has 2 nitrogen and oxygen atoms in total. The van der Waals surface area contributed by atoms with E-state index >= 15 is 0 Å². The van der Waals surface area contributed by atoms with Gasteiger partial charge in [0.25, 0.3) is 0 Å².